The number of nitrogens with zero attached hydrogens (tertiary/aromatic N) is 3. The molecule has 9 heteroatoms. The molecule has 0 bridgehead atoms. The molecule has 22 heavy (non-hydrogen) atoms. The van der Waals surface area contributed by atoms with Crippen LogP contribution in [0.5, 0.6) is 0 Å². The standard InChI is InChI=1S/C13H14F3N5O/c14-13(15,16)10-3-6-18-11-7-9(20-21(10)11)12(22)19-8-1-4-17-5-2-8/h3,6-8,17H,1-2,4-5H2,(H,19,22). The lowest BCUT2D eigenvalue weighted by Crippen LogP contribution is -2.42. The lowest BCUT2D eigenvalue weighted by Gasteiger charge is -2.23. The number of hydrogen-bond donors (Lipinski definition) is 2. The van der Waals surface area contributed by atoms with Gasteiger partial charge in [-0.15, -0.1) is 0 Å². The summed E-state index contributed by atoms with van der Waals surface area (Å²) in [5, 5.41) is 9.71. The van der Waals surface area contributed by atoms with Crippen LogP contribution in [0.3, 0.4) is 0 Å². The van der Waals surface area contributed by atoms with Crippen LogP contribution in [0.2, 0.25) is 0 Å². The van der Waals surface area contributed by atoms with Crippen molar-refractivity contribution < 1.29 is 18.0 Å². The Bertz CT molecular complexity index is 691. The number of aromatic nitrogens is 3. The topological polar surface area (TPSA) is 71.3 Å². The molecule has 0 aliphatic carbocycles. The maximum absolute atomic E-state index is 12.9. The molecule has 1 fully saturated rings. The number of rotatable bonds is 2. The van der Waals surface area contributed by atoms with Crippen molar-refractivity contribution >= 4 is 11.6 Å². The van der Waals surface area contributed by atoms with Gasteiger partial charge in [0.25, 0.3) is 5.91 Å². The molecule has 0 spiro atoms. The first kappa shape index (κ1) is 14.8. The monoisotopic (exact) mass is 313 g/mol. The molecule has 118 valence electrons. The second-order valence-corrected chi connectivity index (χ2v) is 5.13. The molecular formula is C13H14F3N5O. The van der Waals surface area contributed by atoms with E-state index >= 15 is 0 Å². The van der Waals surface area contributed by atoms with Crippen LogP contribution in [0.25, 0.3) is 5.65 Å². The molecule has 0 saturated carbocycles. The average Bonchev–Trinajstić information content (AvgIpc) is 2.91. The molecule has 1 saturated heterocycles. The third kappa shape index (κ3) is 2.89. The highest BCUT2D eigenvalue weighted by atomic mass is 19.4. The summed E-state index contributed by atoms with van der Waals surface area (Å²) < 4.78 is 39.4. The van der Waals surface area contributed by atoms with Crippen molar-refractivity contribution in [2.75, 3.05) is 13.1 Å². The quantitative estimate of drug-likeness (QED) is 0.875. The number of carbonyl (C=O) groups excluding carboxylic acids is 1. The molecule has 0 aromatic carbocycles. The Hall–Kier alpha value is -2.16. The minimum atomic E-state index is -4.56. The largest absolute Gasteiger partial charge is 0.433 e. The second kappa shape index (κ2) is 5.56. The highest BCUT2D eigenvalue weighted by Crippen LogP contribution is 2.28. The van der Waals surface area contributed by atoms with Gasteiger partial charge in [0.05, 0.1) is 0 Å². The number of fused-ring (bicyclic) bond motifs is 1. The fourth-order valence-electron chi connectivity index (χ4n) is 2.45. The maximum atomic E-state index is 12.9. The van der Waals surface area contributed by atoms with E-state index in [0.29, 0.717) is 4.52 Å². The first-order valence-electron chi connectivity index (χ1n) is 6.89. The number of amides is 1. The van der Waals surface area contributed by atoms with E-state index in [1.807, 2.05) is 0 Å². The summed E-state index contributed by atoms with van der Waals surface area (Å²) in [6.07, 6.45) is -1.94. The Morgan fingerprint density at radius 2 is 2.09 bits per heavy atom. The first-order chi connectivity index (χ1) is 10.4. The normalized spacial score (nSPS) is 16.9. The third-order valence-electron chi connectivity index (χ3n) is 3.56. The van der Waals surface area contributed by atoms with Crippen molar-refractivity contribution in [3.63, 3.8) is 0 Å². The molecule has 2 aromatic rings. The Morgan fingerprint density at radius 3 is 2.77 bits per heavy atom. The lowest BCUT2D eigenvalue weighted by molar-refractivity contribution is -0.142. The molecule has 0 unspecified atom stereocenters. The van der Waals surface area contributed by atoms with Crippen LogP contribution in [0.4, 0.5) is 13.2 Å². The van der Waals surface area contributed by atoms with Gasteiger partial charge in [0, 0.05) is 18.3 Å². The number of alkyl halides is 3. The van der Waals surface area contributed by atoms with Gasteiger partial charge < -0.3 is 10.6 Å². The summed E-state index contributed by atoms with van der Waals surface area (Å²) in [4.78, 5) is 15.9. The molecular weight excluding hydrogens is 299 g/mol. The predicted molar refractivity (Wildman–Crippen MR) is 71.3 cm³/mol. The highest BCUT2D eigenvalue weighted by Gasteiger charge is 2.34. The second-order valence-electron chi connectivity index (χ2n) is 5.13. The number of nitrogens with one attached hydrogen (secondary N) is 2. The SMILES string of the molecule is O=C(NC1CCNCC1)c1cc2nccc(C(F)(F)F)n2n1. The van der Waals surface area contributed by atoms with Gasteiger partial charge in [0.2, 0.25) is 0 Å². The smallest absolute Gasteiger partial charge is 0.348 e. The molecule has 0 atom stereocenters. The fourth-order valence-corrected chi connectivity index (χ4v) is 2.45. The Balaban J connectivity index is 1.87. The van der Waals surface area contributed by atoms with Gasteiger partial charge in [0.15, 0.2) is 11.3 Å². The first-order valence-corrected chi connectivity index (χ1v) is 6.89. The minimum Gasteiger partial charge on any atom is -0.348 e. The van der Waals surface area contributed by atoms with E-state index in [4.69, 9.17) is 0 Å². The minimum absolute atomic E-state index is 0.00797. The molecule has 2 aromatic heterocycles. The number of carbonyl (C=O) groups is 1. The molecule has 3 heterocycles. The molecule has 1 amide bonds. The summed E-state index contributed by atoms with van der Waals surface area (Å²) in [6, 6.07) is 2.09. The highest BCUT2D eigenvalue weighted by molar-refractivity contribution is 5.93. The van der Waals surface area contributed by atoms with Crippen molar-refractivity contribution in [2.24, 2.45) is 0 Å². The van der Waals surface area contributed by atoms with Gasteiger partial charge in [0.1, 0.15) is 5.69 Å². The molecule has 0 radical (unpaired) electrons. The lowest BCUT2D eigenvalue weighted by atomic mass is 10.1. The molecule has 1 aliphatic rings. The van der Waals surface area contributed by atoms with Crippen LogP contribution in [-0.2, 0) is 6.18 Å². The van der Waals surface area contributed by atoms with Crippen LogP contribution in [0, 0.1) is 0 Å². The summed E-state index contributed by atoms with van der Waals surface area (Å²) in [6.45, 7) is 1.60. The average molecular weight is 313 g/mol. The van der Waals surface area contributed by atoms with E-state index in [1.54, 1.807) is 0 Å². The van der Waals surface area contributed by atoms with Gasteiger partial charge in [-0.1, -0.05) is 0 Å². The van der Waals surface area contributed by atoms with Gasteiger partial charge >= 0.3 is 6.18 Å². The van der Waals surface area contributed by atoms with E-state index in [-0.39, 0.29) is 17.4 Å². The van der Waals surface area contributed by atoms with Gasteiger partial charge in [-0.2, -0.15) is 18.3 Å². The van der Waals surface area contributed by atoms with Crippen LogP contribution in [-0.4, -0.2) is 39.6 Å². The molecule has 3 rings (SSSR count). The van der Waals surface area contributed by atoms with E-state index in [0.717, 1.165) is 38.2 Å². The van der Waals surface area contributed by atoms with Crippen molar-refractivity contribution in [1.29, 1.82) is 0 Å². The van der Waals surface area contributed by atoms with Crippen molar-refractivity contribution in [3.05, 3.63) is 29.7 Å². The molecule has 6 nitrogen and oxygen atoms in total. The predicted octanol–water partition coefficient (Wildman–Crippen LogP) is 1.23. The summed E-state index contributed by atoms with van der Waals surface area (Å²) >= 11 is 0. The van der Waals surface area contributed by atoms with Crippen molar-refractivity contribution in [3.8, 4) is 0 Å². The molecule has 2 N–H and O–H groups in total. The Kier molecular flexibility index (Phi) is 3.73. The van der Waals surface area contributed by atoms with Crippen molar-refractivity contribution in [1.82, 2.24) is 25.2 Å². The van der Waals surface area contributed by atoms with Crippen molar-refractivity contribution in [2.45, 2.75) is 25.1 Å². The summed E-state index contributed by atoms with van der Waals surface area (Å²) in [5.74, 6) is -0.481. The van der Waals surface area contributed by atoms with Crippen LogP contribution in [0.15, 0.2) is 18.3 Å². The summed E-state index contributed by atoms with van der Waals surface area (Å²) in [7, 11) is 0. The Morgan fingerprint density at radius 1 is 1.36 bits per heavy atom. The van der Waals surface area contributed by atoms with Crippen LogP contribution in [0.1, 0.15) is 29.0 Å². The number of piperidine rings is 1. The van der Waals surface area contributed by atoms with E-state index in [1.165, 1.54) is 6.07 Å². The zero-order valence-corrected chi connectivity index (χ0v) is 11.5. The zero-order valence-electron chi connectivity index (χ0n) is 11.5. The van der Waals surface area contributed by atoms with Crippen LogP contribution < -0.4 is 10.6 Å². The van der Waals surface area contributed by atoms with Crippen LogP contribution >= 0.6 is 0 Å². The zero-order chi connectivity index (χ0) is 15.7. The van der Waals surface area contributed by atoms with Gasteiger partial charge in [-0.05, 0) is 32.0 Å². The Labute approximate surface area is 123 Å². The van der Waals surface area contributed by atoms with E-state index < -0.39 is 17.8 Å². The van der Waals surface area contributed by atoms with Gasteiger partial charge in [-0.3, -0.25) is 4.79 Å². The summed E-state index contributed by atoms with van der Waals surface area (Å²) in [5.41, 5.74) is -1.04. The molecule has 1 aliphatic heterocycles. The fraction of sp³-hybridized carbons (Fsp3) is 0.462. The van der Waals surface area contributed by atoms with E-state index in [2.05, 4.69) is 20.7 Å². The van der Waals surface area contributed by atoms with Gasteiger partial charge in [-0.25, -0.2) is 9.50 Å². The maximum Gasteiger partial charge on any atom is 0.433 e. The van der Waals surface area contributed by atoms with E-state index in [9.17, 15) is 18.0 Å². The number of halogens is 3. The number of hydrogen-bond acceptors (Lipinski definition) is 4. The third-order valence-corrected chi connectivity index (χ3v) is 3.56.